The topological polar surface area (TPSA) is 43.8 Å². The zero-order valence-electron chi connectivity index (χ0n) is 11.2. The van der Waals surface area contributed by atoms with Crippen LogP contribution in [0.3, 0.4) is 0 Å². The monoisotopic (exact) mass is 270 g/mol. The summed E-state index contributed by atoms with van der Waals surface area (Å²) in [7, 11) is 1.39. The maximum Gasteiger partial charge on any atom is 0.415 e. The molecule has 0 fully saturated rings. The van der Waals surface area contributed by atoms with Crippen LogP contribution in [0.4, 0.5) is 13.2 Å². The maximum absolute atomic E-state index is 12.2. The van der Waals surface area contributed by atoms with E-state index in [4.69, 9.17) is 5.11 Å². The predicted molar refractivity (Wildman–Crippen MR) is 62.1 cm³/mol. The summed E-state index contributed by atoms with van der Waals surface area (Å²) in [6.07, 6.45) is -7.10. The fourth-order valence-electron chi connectivity index (χ4n) is 1.52. The number of amides is 1. The van der Waals surface area contributed by atoms with E-state index in [1.165, 1.54) is 18.9 Å². The second kappa shape index (κ2) is 6.94. The van der Waals surface area contributed by atoms with Crippen molar-refractivity contribution in [2.24, 2.45) is 0 Å². The minimum atomic E-state index is -4.66. The highest BCUT2D eigenvalue weighted by Crippen LogP contribution is 2.21. The van der Waals surface area contributed by atoms with Gasteiger partial charge in [0.05, 0.1) is 6.04 Å². The lowest BCUT2D eigenvalue weighted by atomic mass is 10.2. The Balaban J connectivity index is 4.51. The molecule has 0 aromatic carbocycles. The Bertz CT molecular complexity index is 268. The van der Waals surface area contributed by atoms with Gasteiger partial charge in [0.1, 0.15) is 0 Å². The third-order valence-corrected chi connectivity index (χ3v) is 2.93. The Morgan fingerprint density at radius 3 is 2.06 bits per heavy atom. The largest absolute Gasteiger partial charge is 0.415 e. The van der Waals surface area contributed by atoms with Gasteiger partial charge in [0.2, 0.25) is 5.91 Å². The number of hydrogen-bond donors (Lipinski definition) is 1. The second-order valence-corrected chi connectivity index (χ2v) is 4.18. The zero-order valence-corrected chi connectivity index (χ0v) is 11.2. The molecule has 0 aliphatic heterocycles. The molecule has 2 atom stereocenters. The first-order valence-corrected chi connectivity index (χ1v) is 5.88. The molecule has 0 aliphatic carbocycles. The molecule has 0 bridgehead atoms. The van der Waals surface area contributed by atoms with Gasteiger partial charge in [0.15, 0.2) is 6.10 Å². The van der Waals surface area contributed by atoms with Crippen LogP contribution in [0.1, 0.15) is 20.8 Å². The van der Waals surface area contributed by atoms with E-state index in [-0.39, 0.29) is 5.91 Å². The summed E-state index contributed by atoms with van der Waals surface area (Å²) in [5, 5.41) is 8.95. The number of rotatable bonds is 6. The summed E-state index contributed by atoms with van der Waals surface area (Å²) < 4.78 is 36.6. The van der Waals surface area contributed by atoms with Crippen LogP contribution in [-0.2, 0) is 4.79 Å². The van der Waals surface area contributed by atoms with Gasteiger partial charge < -0.3 is 10.0 Å². The molecule has 0 saturated heterocycles. The van der Waals surface area contributed by atoms with E-state index in [0.717, 1.165) is 0 Å². The van der Waals surface area contributed by atoms with Crippen molar-refractivity contribution in [1.82, 2.24) is 9.80 Å². The Morgan fingerprint density at radius 2 is 1.72 bits per heavy atom. The molecular weight excluding hydrogens is 249 g/mol. The van der Waals surface area contributed by atoms with Crippen molar-refractivity contribution in [3.63, 3.8) is 0 Å². The molecule has 0 heterocycles. The molecule has 1 N–H and O–H groups in total. The van der Waals surface area contributed by atoms with Crippen LogP contribution >= 0.6 is 0 Å². The Hall–Kier alpha value is -0.820. The number of nitrogens with zero attached hydrogens (tertiary/aromatic N) is 2. The quantitative estimate of drug-likeness (QED) is 0.786. The van der Waals surface area contributed by atoms with Crippen LogP contribution in [0.25, 0.3) is 0 Å². The Morgan fingerprint density at radius 1 is 1.28 bits per heavy atom. The van der Waals surface area contributed by atoms with E-state index in [0.29, 0.717) is 13.1 Å². The number of carbonyl (C=O) groups is 1. The Kier molecular flexibility index (Phi) is 6.62. The second-order valence-electron chi connectivity index (χ2n) is 4.18. The van der Waals surface area contributed by atoms with Crippen molar-refractivity contribution in [1.29, 1.82) is 0 Å². The predicted octanol–water partition coefficient (Wildman–Crippen LogP) is 1.10. The van der Waals surface area contributed by atoms with Crippen molar-refractivity contribution >= 4 is 5.91 Å². The Labute approximate surface area is 105 Å². The molecule has 0 aromatic rings. The van der Waals surface area contributed by atoms with Crippen molar-refractivity contribution in [2.75, 3.05) is 26.7 Å². The fraction of sp³-hybridized carbons (Fsp3) is 0.909. The van der Waals surface area contributed by atoms with E-state index in [1.54, 1.807) is 18.7 Å². The van der Waals surface area contributed by atoms with Gasteiger partial charge >= 0.3 is 6.18 Å². The maximum atomic E-state index is 12.2. The van der Waals surface area contributed by atoms with Gasteiger partial charge in [0, 0.05) is 19.6 Å². The molecule has 0 radical (unpaired) electrons. The highest BCUT2D eigenvalue weighted by molar-refractivity contribution is 5.81. The lowest BCUT2D eigenvalue weighted by Crippen LogP contribution is -2.49. The standard InChI is InChI=1S/C11H21F3N2O2/c1-5-16(6-2)10(18)8(3)15(4)7-9(17)11(12,13)14/h8-9,17H,5-7H2,1-4H3. The van der Waals surface area contributed by atoms with Gasteiger partial charge in [-0.15, -0.1) is 0 Å². The van der Waals surface area contributed by atoms with Crippen LogP contribution in [0.5, 0.6) is 0 Å². The van der Waals surface area contributed by atoms with Crippen LogP contribution in [-0.4, -0.2) is 65.8 Å². The minimum Gasteiger partial charge on any atom is -0.382 e. The first kappa shape index (κ1) is 17.2. The molecule has 0 saturated carbocycles. The van der Waals surface area contributed by atoms with Crippen molar-refractivity contribution in [3.8, 4) is 0 Å². The summed E-state index contributed by atoms with van der Waals surface area (Å²) in [5.41, 5.74) is 0. The number of aliphatic hydroxyl groups is 1. The third kappa shape index (κ3) is 4.81. The third-order valence-electron chi connectivity index (χ3n) is 2.93. The molecule has 108 valence electrons. The number of aliphatic hydroxyl groups excluding tert-OH is 1. The van der Waals surface area contributed by atoms with Crippen molar-refractivity contribution in [2.45, 2.75) is 39.1 Å². The van der Waals surface area contributed by atoms with Gasteiger partial charge in [-0.05, 0) is 27.8 Å². The lowest BCUT2D eigenvalue weighted by Gasteiger charge is -2.30. The van der Waals surface area contributed by atoms with Crippen LogP contribution in [0, 0.1) is 0 Å². The number of likely N-dealkylation sites (N-methyl/N-ethyl adjacent to an activating group) is 2. The number of halogens is 3. The molecule has 0 aromatic heterocycles. The number of alkyl halides is 3. The molecule has 0 rings (SSSR count). The number of carbonyl (C=O) groups excluding carboxylic acids is 1. The normalized spacial score (nSPS) is 15.6. The van der Waals surface area contributed by atoms with Gasteiger partial charge in [0.25, 0.3) is 0 Å². The smallest absolute Gasteiger partial charge is 0.382 e. The van der Waals surface area contributed by atoms with Crippen LogP contribution in [0.2, 0.25) is 0 Å². The van der Waals surface area contributed by atoms with Crippen LogP contribution in [0.15, 0.2) is 0 Å². The van der Waals surface area contributed by atoms with Crippen LogP contribution < -0.4 is 0 Å². The van der Waals surface area contributed by atoms with Crippen molar-refractivity contribution in [3.05, 3.63) is 0 Å². The molecule has 4 nitrogen and oxygen atoms in total. The van der Waals surface area contributed by atoms with Gasteiger partial charge in [-0.2, -0.15) is 13.2 Å². The highest BCUT2D eigenvalue weighted by Gasteiger charge is 2.39. The van der Waals surface area contributed by atoms with E-state index < -0.39 is 24.9 Å². The first-order chi connectivity index (χ1) is 8.15. The van der Waals surface area contributed by atoms with Gasteiger partial charge in [-0.25, -0.2) is 0 Å². The molecule has 2 unspecified atom stereocenters. The summed E-state index contributed by atoms with van der Waals surface area (Å²) in [4.78, 5) is 14.6. The SMILES string of the molecule is CCN(CC)C(=O)C(C)N(C)CC(O)C(F)(F)F. The molecule has 1 amide bonds. The van der Waals surface area contributed by atoms with E-state index in [1.807, 2.05) is 0 Å². The van der Waals surface area contributed by atoms with Gasteiger partial charge in [-0.3, -0.25) is 9.69 Å². The van der Waals surface area contributed by atoms with E-state index in [2.05, 4.69) is 0 Å². The van der Waals surface area contributed by atoms with Crippen molar-refractivity contribution < 1.29 is 23.1 Å². The van der Waals surface area contributed by atoms with Gasteiger partial charge in [-0.1, -0.05) is 0 Å². The molecule has 0 spiro atoms. The van der Waals surface area contributed by atoms with E-state index in [9.17, 15) is 18.0 Å². The molecule has 0 aliphatic rings. The molecule has 18 heavy (non-hydrogen) atoms. The highest BCUT2D eigenvalue weighted by atomic mass is 19.4. The minimum absolute atomic E-state index is 0.239. The summed E-state index contributed by atoms with van der Waals surface area (Å²) in [6, 6.07) is -0.693. The first-order valence-electron chi connectivity index (χ1n) is 5.88. The number of hydrogen-bond acceptors (Lipinski definition) is 3. The summed E-state index contributed by atoms with van der Waals surface area (Å²) in [5.74, 6) is -0.239. The fourth-order valence-corrected chi connectivity index (χ4v) is 1.52. The lowest BCUT2D eigenvalue weighted by molar-refractivity contribution is -0.208. The summed E-state index contributed by atoms with van der Waals surface area (Å²) >= 11 is 0. The summed E-state index contributed by atoms with van der Waals surface area (Å²) in [6.45, 7) is 5.55. The molecular formula is C11H21F3N2O2. The molecule has 7 heteroatoms. The zero-order chi connectivity index (χ0) is 14.5. The average molecular weight is 270 g/mol. The van der Waals surface area contributed by atoms with E-state index >= 15 is 0 Å². The average Bonchev–Trinajstić information content (AvgIpc) is 2.27.